The Hall–Kier alpha value is 0.150. The zero-order chi connectivity index (χ0) is 7.98. The maximum absolute atomic E-state index is 10.4. The van der Waals surface area contributed by atoms with Crippen molar-refractivity contribution in [2.24, 2.45) is 5.73 Å². The summed E-state index contributed by atoms with van der Waals surface area (Å²) in [6.07, 6.45) is 3.87. The molecule has 0 amide bonds. The molecule has 0 aromatic rings. The van der Waals surface area contributed by atoms with Gasteiger partial charge >= 0.3 is 0 Å². The summed E-state index contributed by atoms with van der Waals surface area (Å²) in [7, 11) is -2.47. The van der Waals surface area contributed by atoms with Crippen molar-refractivity contribution in [2.75, 3.05) is 0 Å². The van der Waals surface area contributed by atoms with Crippen molar-refractivity contribution < 1.29 is 9.46 Å². The smallest absolute Gasteiger partial charge is 0.205 e. The molecule has 0 saturated heterocycles. The molecule has 0 aromatic carbocycles. The molecule has 4 heteroatoms. The maximum Gasteiger partial charge on any atom is 0.205 e. The lowest BCUT2D eigenvalue weighted by Gasteiger charge is -2.05. The summed E-state index contributed by atoms with van der Waals surface area (Å²) < 4.78 is 10.4. The normalized spacial score (nSPS) is 16.7. The van der Waals surface area contributed by atoms with Crippen LogP contribution in [0.1, 0.15) is 32.6 Å². The zero-order valence-electron chi connectivity index (χ0n) is 6.34. The van der Waals surface area contributed by atoms with Crippen LogP contribution in [0.5, 0.6) is 0 Å². The molecule has 0 aliphatic heterocycles. The third kappa shape index (κ3) is 4.98. The van der Waals surface area contributed by atoms with Crippen LogP contribution < -0.4 is 5.73 Å². The molecule has 10 heavy (non-hydrogen) atoms. The lowest BCUT2D eigenvalue weighted by molar-refractivity contribution is 0.480. The summed E-state index contributed by atoms with van der Waals surface area (Å²) in [4.78, 5) is 8.54. The Morgan fingerprint density at radius 2 is 2.20 bits per heavy atom. The van der Waals surface area contributed by atoms with Crippen LogP contribution >= 0.6 is 8.03 Å². The minimum absolute atomic E-state index is 0.475. The van der Waals surface area contributed by atoms with Crippen molar-refractivity contribution in [3.05, 3.63) is 0 Å². The number of hydrogen-bond acceptors (Lipinski definition) is 2. The second kappa shape index (κ2) is 5.90. The van der Waals surface area contributed by atoms with Gasteiger partial charge < -0.3 is 10.6 Å². The van der Waals surface area contributed by atoms with Gasteiger partial charge in [0.25, 0.3) is 0 Å². The Kier molecular flexibility index (Phi) is 5.99. The van der Waals surface area contributed by atoms with Gasteiger partial charge in [0, 0.05) is 0 Å². The van der Waals surface area contributed by atoms with E-state index in [2.05, 4.69) is 6.92 Å². The first-order chi connectivity index (χ1) is 4.68. The molecule has 0 fully saturated rings. The van der Waals surface area contributed by atoms with E-state index in [1.165, 1.54) is 0 Å². The number of nitrogens with two attached hydrogens (primary N) is 1. The highest BCUT2D eigenvalue weighted by Gasteiger charge is 2.05. The molecule has 0 radical (unpaired) electrons. The van der Waals surface area contributed by atoms with E-state index >= 15 is 0 Å². The van der Waals surface area contributed by atoms with E-state index in [9.17, 15) is 4.57 Å². The largest absolute Gasteiger partial charge is 0.345 e. The van der Waals surface area contributed by atoms with E-state index in [1.54, 1.807) is 0 Å². The fraction of sp³-hybridized carbons (Fsp3) is 1.00. The number of unbranched alkanes of at least 4 members (excludes halogenated alkanes) is 2. The average Bonchev–Trinajstić information content (AvgIpc) is 1.88. The molecule has 62 valence electrons. The Labute approximate surface area is 62.5 Å². The fourth-order valence-electron chi connectivity index (χ4n) is 0.738. The standard InChI is InChI=1S/C6H16NO2P/c1-2-3-4-5-6(7)10(8)9/h6,10H,2-5,7H2,1H3,(H,8,9). The first kappa shape index (κ1) is 10.2. The van der Waals surface area contributed by atoms with Crippen molar-refractivity contribution in [2.45, 2.75) is 38.4 Å². The monoisotopic (exact) mass is 165 g/mol. The highest BCUT2D eigenvalue weighted by Crippen LogP contribution is 2.22. The van der Waals surface area contributed by atoms with Crippen LogP contribution in [0.2, 0.25) is 0 Å². The minimum atomic E-state index is -2.47. The molecule has 2 unspecified atom stereocenters. The van der Waals surface area contributed by atoms with Gasteiger partial charge in [-0.2, -0.15) is 0 Å². The van der Waals surface area contributed by atoms with Crippen LogP contribution in [0.25, 0.3) is 0 Å². The predicted molar refractivity (Wildman–Crippen MR) is 43.3 cm³/mol. The van der Waals surface area contributed by atoms with Gasteiger partial charge in [-0.15, -0.1) is 0 Å². The quantitative estimate of drug-likeness (QED) is 0.477. The minimum Gasteiger partial charge on any atom is -0.345 e. The fourth-order valence-corrected chi connectivity index (χ4v) is 1.19. The van der Waals surface area contributed by atoms with E-state index in [1.807, 2.05) is 0 Å². The van der Waals surface area contributed by atoms with E-state index in [4.69, 9.17) is 10.6 Å². The molecule has 3 nitrogen and oxygen atoms in total. The van der Waals surface area contributed by atoms with Gasteiger partial charge in [-0.3, -0.25) is 4.57 Å². The van der Waals surface area contributed by atoms with Gasteiger partial charge in [-0.1, -0.05) is 26.2 Å². The first-order valence-corrected chi connectivity index (χ1v) is 5.10. The Balaban J connectivity index is 3.21. The molecule has 0 aliphatic rings. The summed E-state index contributed by atoms with van der Waals surface area (Å²) >= 11 is 0. The van der Waals surface area contributed by atoms with Crippen LogP contribution in [-0.2, 0) is 4.57 Å². The second-order valence-electron chi connectivity index (χ2n) is 2.44. The van der Waals surface area contributed by atoms with Gasteiger partial charge in [0.2, 0.25) is 8.03 Å². The molecular formula is C6H16NO2P. The molecule has 0 spiro atoms. The van der Waals surface area contributed by atoms with Gasteiger partial charge in [0.15, 0.2) is 0 Å². The van der Waals surface area contributed by atoms with Crippen molar-refractivity contribution in [1.29, 1.82) is 0 Å². The van der Waals surface area contributed by atoms with E-state index < -0.39 is 13.8 Å². The third-order valence-electron chi connectivity index (χ3n) is 1.44. The molecule has 0 saturated carbocycles. The topological polar surface area (TPSA) is 63.3 Å². The molecule has 0 heterocycles. The Morgan fingerprint density at radius 1 is 1.60 bits per heavy atom. The lowest BCUT2D eigenvalue weighted by atomic mass is 10.2. The van der Waals surface area contributed by atoms with E-state index in [-0.39, 0.29) is 0 Å². The second-order valence-corrected chi connectivity index (χ2v) is 3.86. The summed E-state index contributed by atoms with van der Waals surface area (Å²) in [6, 6.07) is 0. The summed E-state index contributed by atoms with van der Waals surface area (Å²) in [5, 5.41) is 0. The van der Waals surface area contributed by atoms with Crippen LogP contribution in [0.15, 0.2) is 0 Å². The zero-order valence-corrected chi connectivity index (χ0v) is 7.34. The number of rotatable bonds is 5. The molecule has 0 bridgehead atoms. The Morgan fingerprint density at radius 3 is 2.60 bits per heavy atom. The van der Waals surface area contributed by atoms with Crippen LogP contribution in [0, 0.1) is 0 Å². The van der Waals surface area contributed by atoms with Crippen LogP contribution in [0.4, 0.5) is 0 Å². The molecule has 0 rings (SSSR count). The third-order valence-corrected chi connectivity index (χ3v) is 2.36. The van der Waals surface area contributed by atoms with Gasteiger partial charge in [0.05, 0.1) is 5.78 Å². The summed E-state index contributed by atoms with van der Waals surface area (Å²) in [6.45, 7) is 2.09. The van der Waals surface area contributed by atoms with Crippen LogP contribution in [-0.4, -0.2) is 10.7 Å². The highest BCUT2D eigenvalue weighted by molar-refractivity contribution is 7.38. The van der Waals surface area contributed by atoms with Gasteiger partial charge in [-0.25, -0.2) is 0 Å². The predicted octanol–water partition coefficient (Wildman–Crippen LogP) is 1.32. The van der Waals surface area contributed by atoms with Crippen molar-refractivity contribution >= 4 is 8.03 Å². The Bertz CT molecular complexity index is 108. The molecule has 2 atom stereocenters. The van der Waals surface area contributed by atoms with Gasteiger partial charge in [0.1, 0.15) is 0 Å². The molecular weight excluding hydrogens is 149 g/mol. The SMILES string of the molecule is CCCCCC(N)[PH](=O)O. The number of hydrogen-bond donors (Lipinski definition) is 2. The van der Waals surface area contributed by atoms with Crippen molar-refractivity contribution in [1.82, 2.24) is 0 Å². The van der Waals surface area contributed by atoms with Crippen LogP contribution in [0.3, 0.4) is 0 Å². The summed E-state index contributed by atoms with van der Waals surface area (Å²) in [5.74, 6) is -0.475. The van der Waals surface area contributed by atoms with Crippen molar-refractivity contribution in [3.63, 3.8) is 0 Å². The molecule has 0 aliphatic carbocycles. The average molecular weight is 165 g/mol. The van der Waals surface area contributed by atoms with Crippen molar-refractivity contribution in [3.8, 4) is 0 Å². The lowest BCUT2D eigenvalue weighted by Crippen LogP contribution is -2.14. The van der Waals surface area contributed by atoms with E-state index in [0.29, 0.717) is 6.42 Å². The van der Waals surface area contributed by atoms with Gasteiger partial charge in [-0.05, 0) is 6.42 Å². The summed E-state index contributed by atoms with van der Waals surface area (Å²) in [5.41, 5.74) is 5.34. The highest BCUT2D eigenvalue weighted by atomic mass is 31.1. The molecule has 0 aromatic heterocycles. The first-order valence-electron chi connectivity index (χ1n) is 3.67. The van der Waals surface area contributed by atoms with E-state index in [0.717, 1.165) is 19.3 Å². The maximum atomic E-state index is 10.4. The molecule has 3 N–H and O–H groups in total.